The molecule has 0 aliphatic carbocycles. The SMILES string of the molecule is COc1ccccc1NS(=O)(=O)c1cccc(C(=O)NNC(=O)C2=CCC(=O)NN2)c1. The van der Waals surface area contributed by atoms with E-state index in [4.69, 9.17) is 4.74 Å². The fraction of sp³-hybridized carbons (Fsp3) is 0.105. The molecule has 0 spiro atoms. The topological polar surface area (TPSA) is 155 Å². The van der Waals surface area contributed by atoms with Crippen LogP contribution in [0.1, 0.15) is 16.8 Å². The predicted octanol–water partition coefficient (Wildman–Crippen LogP) is 0.165. The fourth-order valence-corrected chi connectivity index (χ4v) is 3.69. The molecule has 0 bridgehead atoms. The molecule has 1 aliphatic rings. The molecule has 5 N–H and O–H groups in total. The Morgan fingerprint density at radius 3 is 2.45 bits per heavy atom. The van der Waals surface area contributed by atoms with Crippen LogP contribution >= 0.6 is 0 Å². The molecule has 0 aromatic heterocycles. The monoisotopic (exact) mass is 445 g/mol. The van der Waals surface area contributed by atoms with E-state index in [0.717, 1.165) is 6.07 Å². The molecule has 3 rings (SSSR count). The van der Waals surface area contributed by atoms with Crippen LogP contribution < -0.4 is 31.2 Å². The van der Waals surface area contributed by atoms with Gasteiger partial charge in [-0.25, -0.2) is 8.42 Å². The van der Waals surface area contributed by atoms with E-state index in [1.165, 1.54) is 31.4 Å². The third-order valence-corrected chi connectivity index (χ3v) is 5.48. The maximum atomic E-state index is 12.7. The minimum atomic E-state index is -4.01. The lowest BCUT2D eigenvalue weighted by molar-refractivity contribution is -0.122. The summed E-state index contributed by atoms with van der Waals surface area (Å²) in [5, 5.41) is 0. The van der Waals surface area contributed by atoms with Crippen molar-refractivity contribution in [2.24, 2.45) is 0 Å². The standard InChI is InChI=1S/C19H19N5O6S/c1-30-16-8-3-2-7-14(16)24-31(28,29)13-6-4-5-12(11-13)18(26)22-23-19(27)15-9-10-17(25)21-20-15/h2-9,11,20,24H,10H2,1H3,(H,21,25)(H,22,26)(H,23,27). The van der Waals surface area contributed by atoms with Gasteiger partial charge in [0.2, 0.25) is 5.91 Å². The van der Waals surface area contributed by atoms with E-state index in [9.17, 15) is 22.8 Å². The Hall–Kier alpha value is -4.06. The zero-order valence-corrected chi connectivity index (χ0v) is 17.1. The summed E-state index contributed by atoms with van der Waals surface area (Å²) >= 11 is 0. The van der Waals surface area contributed by atoms with Gasteiger partial charge >= 0.3 is 0 Å². The molecule has 2 aromatic carbocycles. The highest BCUT2D eigenvalue weighted by atomic mass is 32.2. The van der Waals surface area contributed by atoms with Crippen molar-refractivity contribution in [1.29, 1.82) is 0 Å². The number of sulfonamides is 1. The van der Waals surface area contributed by atoms with Crippen molar-refractivity contribution in [3.05, 3.63) is 65.9 Å². The second-order valence-electron chi connectivity index (χ2n) is 6.24. The average molecular weight is 445 g/mol. The maximum absolute atomic E-state index is 12.7. The number of para-hydroxylation sites is 2. The molecule has 0 fully saturated rings. The van der Waals surface area contributed by atoms with Crippen LogP contribution in [0.25, 0.3) is 0 Å². The lowest BCUT2D eigenvalue weighted by atomic mass is 10.2. The van der Waals surface area contributed by atoms with Crippen LogP contribution in [0, 0.1) is 0 Å². The van der Waals surface area contributed by atoms with Gasteiger partial charge in [-0.3, -0.25) is 40.8 Å². The second kappa shape index (κ2) is 9.17. The number of amides is 3. The van der Waals surface area contributed by atoms with E-state index < -0.39 is 21.8 Å². The molecule has 0 saturated heterocycles. The van der Waals surface area contributed by atoms with Gasteiger partial charge in [0.25, 0.3) is 21.8 Å². The Morgan fingerprint density at radius 2 is 1.74 bits per heavy atom. The number of rotatable bonds is 6. The molecule has 0 saturated carbocycles. The normalized spacial score (nSPS) is 13.2. The van der Waals surface area contributed by atoms with E-state index >= 15 is 0 Å². The van der Waals surface area contributed by atoms with Gasteiger partial charge in [-0.05, 0) is 36.4 Å². The molecule has 162 valence electrons. The molecule has 1 heterocycles. The van der Waals surface area contributed by atoms with Crippen molar-refractivity contribution in [1.82, 2.24) is 21.7 Å². The Kier molecular flexibility index (Phi) is 6.40. The van der Waals surface area contributed by atoms with Gasteiger partial charge in [-0.1, -0.05) is 18.2 Å². The van der Waals surface area contributed by atoms with E-state index in [1.54, 1.807) is 24.3 Å². The van der Waals surface area contributed by atoms with Gasteiger partial charge in [0, 0.05) is 12.0 Å². The first kappa shape index (κ1) is 21.6. The van der Waals surface area contributed by atoms with Crippen molar-refractivity contribution in [2.45, 2.75) is 11.3 Å². The molecule has 0 atom stereocenters. The zero-order valence-electron chi connectivity index (χ0n) is 16.3. The third-order valence-electron chi connectivity index (χ3n) is 4.12. The maximum Gasteiger partial charge on any atom is 0.287 e. The van der Waals surface area contributed by atoms with Crippen molar-refractivity contribution in [3.63, 3.8) is 0 Å². The summed E-state index contributed by atoms with van der Waals surface area (Å²) in [4.78, 5) is 35.3. The molecule has 31 heavy (non-hydrogen) atoms. The summed E-state index contributed by atoms with van der Waals surface area (Å²) in [5.41, 5.74) is 9.33. The van der Waals surface area contributed by atoms with E-state index in [2.05, 4.69) is 26.4 Å². The Balaban J connectivity index is 1.69. The number of carbonyl (C=O) groups excluding carboxylic acids is 3. The highest BCUT2D eigenvalue weighted by molar-refractivity contribution is 7.92. The minimum absolute atomic E-state index is 0.00193. The quantitative estimate of drug-likeness (QED) is 0.397. The third kappa shape index (κ3) is 5.30. The minimum Gasteiger partial charge on any atom is -0.495 e. The number of hydrogen-bond acceptors (Lipinski definition) is 7. The largest absolute Gasteiger partial charge is 0.495 e. The molecule has 3 amide bonds. The van der Waals surface area contributed by atoms with Gasteiger partial charge in [0.15, 0.2) is 0 Å². The molecule has 1 aliphatic heterocycles. The molecule has 11 nitrogen and oxygen atoms in total. The van der Waals surface area contributed by atoms with Crippen LogP contribution in [0.5, 0.6) is 5.75 Å². The van der Waals surface area contributed by atoms with Gasteiger partial charge < -0.3 is 4.74 Å². The lowest BCUT2D eigenvalue weighted by Crippen LogP contribution is -2.49. The van der Waals surface area contributed by atoms with Crippen molar-refractivity contribution in [2.75, 3.05) is 11.8 Å². The summed E-state index contributed by atoms with van der Waals surface area (Å²) in [6.45, 7) is 0. The summed E-state index contributed by atoms with van der Waals surface area (Å²) < 4.78 is 33.0. The number of carbonyl (C=O) groups is 3. The smallest absolute Gasteiger partial charge is 0.287 e. The van der Waals surface area contributed by atoms with E-state index in [-0.39, 0.29) is 34.2 Å². The first-order valence-electron chi connectivity index (χ1n) is 8.92. The van der Waals surface area contributed by atoms with Gasteiger partial charge in [0.1, 0.15) is 11.4 Å². The summed E-state index contributed by atoms with van der Waals surface area (Å²) in [6.07, 6.45) is 1.37. The van der Waals surface area contributed by atoms with Crippen LogP contribution in [-0.2, 0) is 19.6 Å². The van der Waals surface area contributed by atoms with Crippen molar-refractivity contribution >= 4 is 33.4 Å². The summed E-state index contributed by atoms with van der Waals surface area (Å²) in [7, 11) is -2.60. The van der Waals surface area contributed by atoms with Crippen LogP contribution in [0.4, 0.5) is 5.69 Å². The van der Waals surface area contributed by atoms with Gasteiger partial charge in [-0.15, -0.1) is 0 Å². The lowest BCUT2D eigenvalue weighted by Gasteiger charge is -2.16. The van der Waals surface area contributed by atoms with Gasteiger partial charge in [0.05, 0.1) is 17.7 Å². The van der Waals surface area contributed by atoms with Crippen LogP contribution in [0.15, 0.2) is 65.2 Å². The molecule has 2 aromatic rings. The summed E-state index contributed by atoms with van der Waals surface area (Å²) in [5.74, 6) is -1.39. The number of hydrazine groups is 2. The fourth-order valence-electron chi connectivity index (χ4n) is 2.57. The molecule has 12 heteroatoms. The molecular weight excluding hydrogens is 426 g/mol. The number of hydrogen-bond donors (Lipinski definition) is 5. The van der Waals surface area contributed by atoms with Crippen LogP contribution in [0.2, 0.25) is 0 Å². The van der Waals surface area contributed by atoms with Crippen molar-refractivity contribution < 1.29 is 27.5 Å². The van der Waals surface area contributed by atoms with E-state index in [0.29, 0.717) is 5.75 Å². The summed E-state index contributed by atoms with van der Waals surface area (Å²) in [6, 6.07) is 11.8. The van der Waals surface area contributed by atoms with Gasteiger partial charge in [-0.2, -0.15) is 0 Å². The van der Waals surface area contributed by atoms with Crippen molar-refractivity contribution in [3.8, 4) is 5.75 Å². The number of methoxy groups -OCH3 is 1. The average Bonchev–Trinajstić information content (AvgIpc) is 2.78. The molecule has 0 radical (unpaired) electrons. The van der Waals surface area contributed by atoms with E-state index in [1.807, 2.05) is 0 Å². The Labute approximate surface area is 177 Å². The molecule has 0 unspecified atom stereocenters. The number of nitrogens with one attached hydrogen (secondary N) is 5. The predicted molar refractivity (Wildman–Crippen MR) is 110 cm³/mol. The zero-order chi connectivity index (χ0) is 22.4. The number of ether oxygens (including phenoxy) is 1. The number of benzene rings is 2. The highest BCUT2D eigenvalue weighted by Gasteiger charge is 2.19. The second-order valence-corrected chi connectivity index (χ2v) is 7.92. The molecular formula is C19H19N5O6S. The number of anilines is 1. The van der Waals surface area contributed by atoms with Crippen LogP contribution in [0.3, 0.4) is 0 Å². The first-order chi connectivity index (χ1) is 14.8. The Morgan fingerprint density at radius 1 is 1.00 bits per heavy atom. The highest BCUT2D eigenvalue weighted by Crippen LogP contribution is 2.26. The first-order valence-corrected chi connectivity index (χ1v) is 10.4. The van der Waals surface area contributed by atoms with Crippen LogP contribution in [-0.4, -0.2) is 33.2 Å². The Bertz CT molecular complexity index is 1160.